The van der Waals surface area contributed by atoms with Crippen molar-refractivity contribution in [2.45, 2.75) is 18.8 Å². The lowest BCUT2D eigenvalue weighted by Crippen LogP contribution is -2.35. The van der Waals surface area contributed by atoms with Crippen LogP contribution in [-0.4, -0.2) is 38.7 Å². The summed E-state index contributed by atoms with van der Waals surface area (Å²) in [5, 5.41) is 14.2. The molecule has 1 fully saturated rings. The van der Waals surface area contributed by atoms with Crippen LogP contribution >= 0.6 is 0 Å². The van der Waals surface area contributed by atoms with Crippen LogP contribution in [0.4, 0.5) is 0 Å². The second-order valence-electron chi connectivity index (χ2n) is 6.71. The molecule has 1 aromatic heterocycles. The molecule has 1 saturated heterocycles. The highest BCUT2D eigenvalue weighted by molar-refractivity contribution is 6.10. The van der Waals surface area contributed by atoms with E-state index in [-0.39, 0.29) is 12.5 Å². The number of amides is 2. The summed E-state index contributed by atoms with van der Waals surface area (Å²) < 4.78 is 6.84. The van der Waals surface area contributed by atoms with E-state index in [9.17, 15) is 9.59 Å². The van der Waals surface area contributed by atoms with Crippen molar-refractivity contribution in [3.8, 4) is 17.2 Å². The molecule has 2 aromatic carbocycles. The lowest BCUT2D eigenvalue weighted by molar-refractivity contribution is -0.130. The summed E-state index contributed by atoms with van der Waals surface area (Å²) in [7, 11) is 1.88. The minimum Gasteiger partial charge on any atom is -0.343 e. The smallest absolute Gasteiger partial charge is 0.262 e. The number of hydrogen-bond acceptors (Lipinski definition) is 5. The lowest BCUT2D eigenvalue weighted by Gasteiger charge is -2.12. The van der Waals surface area contributed by atoms with Gasteiger partial charge in [-0.25, -0.2) is 0 Å². The van der Waals surface area contributed by atoms with Crippen molar-refractivity contribution in [1.82, 2.24) is 14.7 Å². The van der Waals surface area contributed by atoms with Crippen molar-refractivity contribution in [2.75, 3.05) is 0 Å². The number of rotatable bonds is 2. The number of carbonyl (C=O) groups is 2. The van der Waals surface area contributed by atoms with Gasteiger partial charge in [-0.3, -0.25) is 19.2 Å². The van der Waals surface area contributed by atoms with Crippen molar-refractivity contribution < 1.29 is 14.3 Å². The van der Waals surface area contributed by atoms with Gasteiger partial charge in [0.2, 0.25) is 0 Å². The molecule has 5 rings (SSSR count). The van der Waals surface area contributed by atoms with E-state index < -0.39 is 18.1 Å². The molecular weight excluding hydrogens is 344 g/mol. The molecule has 0 spiro atoms. The van der Waals surface area contributed by atoms with Crippen molar-refractivity contribution in [2.24, 2.45) is 7.05 Å². The predicted octanol–water partition coefficient (Wildman–Crippen LogP) is 2.01. The van der Waals surface area contributed by atoms with Crippen LogP contribution in [0.25, 0.3) is 22.0 Å². The minimum absolute atomic E-state index is 0.185. The van der Waals surface area contributed by atoms with Gasteiger partial charge in [0.25, 0.3) is 11.8 Å². The minimum atomic E-state index is -0.831. The number of nitriles is 1. The molecule has 0 saturated carbocycles. The van der Waals surface area contributed by atoms with E-state index in [1.54, 1.807) is 16.9 Å². The van der Waals surface area contributed by atoms with Crippen LogP contribution in [0.2, 0.25) is 0 Å². The first-order valence-corrected chi connectivity index (χ1v) is 8.53. The summed E-state index contributed by atoms with van der Waals surface area (Å²) in [5.41, 5.74) is 4.19. The fourth-order valence-corrected chi connectivity index (χ4v) is 3.64. The number of carbonyl (C=O) groups excluding carboxylic acids is 2. The highest BCUT2D eigenvalue weighted by Crippen LogP contribution is 2.35. The van der Waals surface area contributed by atoms with Gasteiger partial charge < -0.3 is 4.74 Å². The van der Waals surface area contributed by atoms with E-state index in [0.717, 1.165) is 27.6 Å². The first-order chi connectivity index (χ1) is 13.1. The van der Waals surface area contributed by atoms with Gasteiger partial charge in [-0.05, 0) is 28.8 Å². The second-order valence-corrected chi connectivity index (χ2v) is 6.71. The Balaban J connectivity index is 1.55. The molecule has 2 amide bonds. The summed E-state index contributed by atoms with van der Waals surface area (Å²) in [5.74, 6) is -0.790. The highest BCUT2D eigenvalue weighted by atomic mass is 16.6. The average molecular weight is 358 g/mol. The highest BCUT2D eigenvalue weighted by Gasteiger charge is 2.50. The zero-order valence-electron chi connectivity index (χ0n) is 14.4. The van der Waals surface area contributed by atoms with Crippen LogP contribution in [-0.2, 0) is 23.1 Å². The van der Waals surface area contributed by atoms with Crippen LogP contribution in [0.5, 0.6) is 0 Å². The van der Waals surface area contributed by atoms with Crippen LogP contribution in [0.15, 0.2) is 42.6 Å². The first-order valence-electron chi connectivity index (χ1n) is 8.53. The molecule has 2 aliphatic rings. The van der Waals surface area contributed by atoms with Gasteiger partial charge in [-0.2, -0.15) is 10.4 Å². The molecule has 27 heavy (non-hydrogen) atoms. The van der Waals surface area contributed by atoms with Gasteiger partial charge in [0, 0.05) is 18.0 Å². The lowest BCUT2D eigenvalue weighted by atomic mass is 9.96. The maximum atomic E-state index is 12.7. The molecule has 3 heterocycles. The molecule has 2 atom stereocenters. The van der Waals surface area contributed by atoms with E-state index >= 15 is 0 Å². The van der Waals surface area contributed by atoms with E-state index in [1.807, 2.05) is 43.4 Å². The number of nitrogens with zero attached hydrogens (tertiary/aromatic N) is 4. The van der Waals surface area contributed by atoms with E-state index in [4.69, 9.17) is 10.00 Å². The number of hydrogen-bond donors (Lipinski definition) is 0. The number of ether oxygens (including phenoxy) is 1. The zero-order valence-corrected chi connectivity index (χ0v) is 14.4. The third kappa shape index (κ3) is 2.27. The monoisotopic (exact) mass is 358 g/mol. The number of epoxide rings is 1. The Hall–Kier alpha value is -3.50. The molecule has 2 aliphatic heterocycles. The normalized spacial score (nSPS) is 20.6. The van der Waals surface area contributed by atoms with Gasteiger partial charge in [0.15, 0.2) is 12.2 Å². The van der Waals surface area contributed by atoms with Crippen molar-refractivity contribution in [3.63, 3.8) is 0 Å². The molecule has 7 nitrogen and oxygen atoms in total. The number of imide groups is 1. The Morgan fingerprint density at radius 1 is 1.30 bits per heavy atom. The maximum absolute atomic E-state index is 12.7. The van der Waals surface area contributed by atoms with Gasteiger partial charge in [-0.15, -0.1) is 0 Å². The summed E-state index contributed by atoms with van der Waals surface area (Å²) >= 11 is 0. The SMILES string of the molecule is Cn1ncc2ccc(-c3cccc4c3CN(C(=O)[C@H]3O[C@@H]3C#N)C4=O)cc21. The number of aromatic nitrogens is 2. The predicted molar refractivity (Wildman–Crippen MR) is 95.3 cm³/mol. The molecule has 7 heteroatoms. The standard InChI is InChI=1S/C20H14N4O3/c1-23-16-7-11(5-6-12(16)9-22-23)13-3-2-4-14-15(13)10-24(19(14)25)20(26)18-17(8-21)27-18/h2-7,9,17-18H,10H2,1H3/t17-,18+/m1/s1. The summed E-state index contributed by atoms with van der Waals surface area (Å²) in [4.78, 5) is 26.4. The molecule has 132 valence electrons. The molecule has 0 radical (unpaired) electrons. The Morgan fingerprint density at radius 2 is 2.11 bits per heavy atom. The van der Waals surface area contributed by atoms with Gasteiger partial charge in [0.1, 0.15) is 0 Å². The fourth-order valence-electron chi connectivity index (χ4n) is 3.64. The van der Waals surface area contributed by atoms with Gasteiger partial charge in [0.05, 0.1) is 24.3 Å². The molecule has 0 unspecified atom stereocenters. The van der Waals surface area contributed by atoms with Gasteiger partial charge in [-0.1, -0.05) is 24.3 Å². The van der Waals surface area contributed by atoms with E-state index in [0.29, 0.717) is 5.56 Å². The van der Waals surface area contributed by atoms with Crippen LogP contribution in [0, 0.1) is 11.3 Å². The second kappa shape index (κ2) is 5.50. The Labute approximate surface area is 154 Å². The number of aryl methyl sites for hydroxylation is 1. The summed E-state index contributed by atoms with van der Waals surface area (Å²) in [6, 6.07) is 13.4. The third-order valence-corrected chi connectivity index (χ3v) is 5.16. The molecular formula is C20H14N4O3. The zero-order chi connectivity index (χ0) is 18.7. The van der Waals surface area contributed by atoms with E-state index in [1.165, 1.54) is 4.90 Å². The van der Waals surface area contributed by atoms with E-state index in [2.05, 4.69) is 5.10 Å². The quantitative estimate of drug-likeness (QED) is 0.516. The number of fused-ring (bicyclic) bond motifs is 2. The first kappa shape index (κ1) is 15.7. The van der Waals surface area contributed by atoms with Crippen molar-refractivity contribution in [3.05, 3.63) is 53.7 Å². The van der Waals surface area contributed by atoms with Gasteiger partial charge >= 0.3 is 0 Å². The summed E-state index contributed by atoms with van der Waals surface area (Å²) in [6.45, 7) is 0.185. The topological polar surface area (TPSA) is 91.5 Å². The van der Waals surface area contributed by atoms with Crippen molar-refractivity contribution in [1.29, 1.82) is 5.26 Å². The molecule has 0 aliphatic carbocycles. The Bertz CT molecular complexity index is 1170. The largest absolute Gasteiger partial charge is 0.343 e. The molecule has 3 aromatic rings. The Kier molecular flexibility index (Phi) is 3.20. The third-order valence-electron chi connectivity index (χ3n) is 5.16. The maximum Gasteiger partial charge on any atom is 0.262 e. The van der Waals surface area contributed by atoms with Crippen LogP contribution in [0.1, 0.15) is 15.9 Å². The molecule has 0 bridgehead atoms. The Morgan fingerprint density at radius 3 is 2.89 bits per heavy atom. The fraction of sp³-hybridized carbons (Fsp3) is 0.200. The molecule has 0 N–H and O–H groups in total. The summed E-state index contributed by atoms with van der Waals surface area (Å²) in [6.07, 6.45) is 0.225. The van der Waals surface area contributed by atoms with Crippen LogP contribution in [0.3, 0.4) is 0 Å². The van der Waals surface area contributed by atoms with Crippen molar-refractivity contribution >= 4 is 22.7 Å². The van der Waals surface area contributed by atoms with Crippen LogP contribution < -0.4 is 0 Å². The average Bonchev–Trinajstić information content (AvgIpc) is 3.30. The number of benzene rings is 2.